The molecule has 10 heteroatoms. The Kier molecular flexibility index (Phi) is 8.78. The molecule has 0 aliphatic carbocycles. The summed E-state index contributed by atoms with van der Waals surface area (Å²) in [5.74, 6) is 2.35. The zero-order chi connectivity index (χ0) is 28.1. The smallest absolute Gasteiger partial charge is 0.263 e. The SMILES string of the molecule is COc1ccc(CC2CCCCS2)c(Nc2nc3ccccc3nc2NS(=O)(=O)c2ccc(CN(C)C)cc2)c1. The molecule has 0 radical (unpaired) electrons. The second-order valence-corrected chi connectivity index (χ2v) is 13.3. The molecule has 1 fully saturated rings. The molecule has 8 nitrogen and oxygen atoms in total. The molecular formula is C30H35N5O3S2. The van der Waals surface area contributed by atoms with Gasteiger partial charge in [0.1, 0.15) is 5.75 Å². The lowest BCUT2D eigenvalue weighted by atomic mass is 10.0. The Hall–Kier alpha value is -3.34. The molecule has 1 unspecified atom stereocenters. The highest BCUT2D eigenvalue weighted by Gasteiger charge is 2.21. The van der Waals surface area contributed by atoms with Crippen LogP contribution in [0.5, 0.6) is 5.75 Å². The van der Waals surface area contributed by atoms with Crippen LogP contribution >= 0.6 is 11.8 Å². The average Bonchev–Trinajstić information content (AvgIpc) is 2.94. The van der Waals surface area contributed by atoms with E-state index in [4.69, 9.17) is 9.72 Å². The van der Waals surface area contributed by atoms with Crippen molar-refractivity contribution in [2.45, 2.75) is 42.4 Å². The number of benzene rings is 3. The van der Waals surface area contributed by atoms with E-state index in [0.29, 0.717) is 27.9 Å². The monoisotopic (exact) mass is 577 g/mol. The highest BCUT2D eigenvalue weighted by molar-refractivity contribution is 7.99. The van der Waals surface area contributed by atoms with Crippen molar-refractivity contribution in [2.75, 3.05) is 37.0 Å². The van der Waals surface area contributed by atoms with Crippen molar-refractivity contribution in [3.05, 3.63) is 77.9 Å². The zero-order valence-electron chi connectivity index (χ0n) is 23.1. The molecule has 1 aromatic heterocycles. The molecule has 210 valence electrons. The van der Waals surface area contributed by atoms with Gasteiger partial charge >= 0.3 is 0 Å². The molecule has 0 spiro atoms. The van der Waals surface area contributed by atoms with Gasteiger partial charge in [0.25, 0.3) is 10.0 Å². The molecule has 40 heavy (non-hydrogen) atoms. The quantitative estimate of drug-likeness (QED) is 0.234. The summed E-state index contributed by atoms with van der Waals surface area (Å²) >= 11 is 2.02. The Balaban J connectivity index is 1.50. The first-order valence-electron chi connectivity index (χ1n) is 13.4. The van der Waals surface area contributed by atoms with E-state index >= 15 is 0 Å². The van der Waals surface area contributed by atoms with Gasteiger partial charge in [-0.1, -0.05) is 36.8 Å². The second kappa shape index (κ2) is 12.4. The second-order valence-electron chi connectivity index (χ2n) is 10.2. The normalized spacial score (nSPS) is 15.8. The highest BCUT2D eigenvalue weighted by Crippen LogP contribution is 2.34. The van der Waals surface area contributed by atoms with E-state index < -0.39 is 10.0 Å². The molecule has 1 aliphatic rings. The van der Waals surface area contributed by atoms with Gasteiger partial charge < -0.3 is 15.0 Å². The van der Waals surface area contributed by atoms with E-state index in [9.17, 15) is 8.42 Å². The molecule has 4 aromatic rings. The van der Waals surface area contributed by atoms with Crippen molar-refractivity contribution in [2.24, 2.45) is 0 Å². The number of fused-ring (bicyclic) bond motifs is 1. The number of aromatic nitrogens is 2. The predicted octanol–water partition coefficient (Wildman–Crippen LogP) is 6.07. The van der Waals surface area contributed by atoms with Crippen LogP contribution in [0.25, 0.3) is 11.0 Å². The maximum atomic E-state index is 13.5. The van der Waals surface area contributed by atoms with Crippen LogP contribution in [0.15, 0.2) is 71.6 Å². The maximum absolute atomic E-state index is 13.5. The number of sulfonamides is 1. The van der Waals surface area contributed by atoms with E-state index in [0.717, 1.165) is 29.8 Å². The number of thioether (sulfide) groups is 1. The third-order valence-electron chi connectivity index (χ3n) is 6.83. The molecule has 2 N–H and O–H groups in total. The van der Waals surface area contributed by atoms with Gasteiger partial charge in [0.15, 0.2) is 11.6 Å². The molecular weight excluding hydrogens is 542 g/mol. The van der Waals surface area contributed by atoms with Crippen molar-refractivity contribution < 1.29 is 13.2 Å². The lowest BCUT2D eigenvalue weighted by Crippen LogP contribution is -2.17. The number of hydrogen-bond donors (Lipinski definition) is 2. The minimum Gasteiger partial charge on any atom is -0.497 e. The minimum atomic E-state index is -3.92. The first-order valence-corrected chi connectivity index (χ1v) is 15.9. The lowest BCUT2D eigenvalue weighted by molar-refractivity contribution is 0.402. The number of hydrogen-bond acceptors (Lipinski definition) is 8. The topological polar surface area (TPSA) is 96.5 Å². The van der Waals surface area contributed by atoms with Crippen LogP contribution in [-0.2, 0) is 23.0 Å². The molecule has 5 rings (SSSR count). The van der Waals surface area contributed by atoms with E-state index in [-0.39, 0.29) is 10.7 Å². The zero-order valence-corrected chi connectivity index (χ0v) is 24.7. The van der Waals surface area contributed by atoms with Crippen molar-refractivity contribution in [3.63, 3.8) is 0 Å². The summed E-state index contributed by atoms with van der Waals surface area (Å²) in [7, 11) is 1.66. The van der Waals surface area contributed by atoms with Gasteiger partial charge in [0.2, 0.25) is 0 Å². The van der Waals surface area contributed by atoms with Gasteiger partial charge in [0.05, 0.1) is 23.0 Å². The first kappa shape index (κ1) is 28.2. The molecule has 2 heterocycles. The third-order valence-corrected chi connectivity index (χ3v) is 9.58. The fourth-order valence-corrected chi connectivity index (χ4v) is 7.15. The summed E-state index contributed by atoms with van der Waals surface area (Å²) in [6.45, 7) is 0.722. The van der Waals surface area contributed by atoms with E-state index in [1.54, 1.807) is 19.2 Å². The number of para-hydroxylation sites is 2. The molecule has 1 atom stereocenters. The summed E-state index contributed by atoms with van der Waals surface area (Å²) in [6, 6.07) is 20.3. The number of methoxy groups -OCH3 is 1. The average molecular weight is 578 g/mol. The van der Waals surface area contributed by atoms with Gasteiger partial charge in [-0.3, -0.25) is 4.72 Å². The Morgan fingerprint density at radius 3 is 2.35 bits per heavy atom. The largest absolute Gasteiger partial charge is 0.497 e. The number of ether oxygens (including phenoxy) is 1. The fourth-order valence-electron chi connectivity index (χ4n) is 4.80. The third kappa shape index (κ3) is 6.86. The van der Waals surface area contributed by atoms with Crippen molar-refractivity contribution in [1.82, 2.24) is 14.9 Å². The van der Waals surface area contributed by atoms with Crippen LogP contribution < -0.4 is 14.8 Å². The van der Waals surface area contributed by atoms with Crippen LogP contribution in [0.2, 0.25) is 0 Å². The Bertz CT molecular complexity index is 1570. The fraction of sp³-hybridized carbons (Fsp3) is 0.333. The molecule has 1 aliphatic heterocycles. The van der Waals surface area contributed by atoms with Gasteiger partial charge in [-0.2, -0.15) is 11.8 Å². The molecule has 1 saturated heterocycles. The van der Waals surface area contributed by atoms with E-state index in [1.165, 1.54) is 25.0 Å². The number of nitrogens with zero attached hydrogens (tertiary/aromatic N) is 3. The summed E-state index contributed by atoms with van der Waals surface area (Å²) in [6.07, 6.45) is 4.60. The number of rotatable bonds is 10. The van der Waals surface area contributed by atoms with Crippen molar-refractivity contribution in [3.8, 4) is 5.75 Å². The Labute approximate surface area is 240 Å². The van der Waals surface area contributed by atoms with Crippen LogP contribution in [-0.4, -0.2) is 55.5 Å². The van der Waals surface area contributed by atoms with Crippen LogP contribution in [0.3, 0.4) is 0 Å². The van der Waals surface area contributed by atoms with E-state index in [2.05, 4.69) is 21.1 Å². The van der Waals surface area contributed by atoms with Gasteiger partial charge in [-0.05, 0) is 80.6 Å². The van der Waals surface area contributed by atoms with Crippen LogP contribution in [0.4, 0.5) is 17.3 Å². The number of anilines is 3. The van der Waals surface area contributed by atoms with Gasteiger partial charge in [-0.15, -0.1) is 0 Å². The Morgan fingerprint density at radius 2 is 1.70 bits per heavy atom. The summed E-state index contributed by atoms with van der Waals surface area (Å²) < 4.78 is 35.1. The van der Waals surface area contributed by atoms with Gasteiger partial charge in [-0.25, -0.2) is 18.4 Å². The van der Waals surface area contributed by atoms with Crippen molar-refractivity contribution >= 4 is 50.1 Å². The summed E-state index contributed by atoms with van der Waals surface area (Å²) in [5, 5.41) is 3.95. The standard InChI is InChI=1S/C30H35N5O3S2/c1-35(2)20-21-11-15-25(16-12-21)40(36,37)34-30-29(31-26-9-4-5-10-27(26)32-30)33-28-19-23(38-3)14-13-22(28)18-24-8-6-7-17-39-24/h4-5,9-16,19,24H,6-8,17-18,20H2,1-3H3,(H,31,33)(H,32,34). The lowest BCUT2D eigenvalue weighted by Gasteiger charge is -2.23. The predicted molar refractivity (Wildman–Crippen MR) is 164 cm³/mol. The first-order chi connectivity index (χ1) is 19.3. The van der Waals surface area contributed by atoms with Crippen molar-refractivity contribution in [1.29, 1.82) is 0 Å². The molecule has 3 aromatic carbocycles. The van der Waals surface area contributed by atoms with Gasteiger partial charge in [0, 0.05) is 23.5 Å². The van der Waals surface area contributed by atoms with E-state index in [1.807, 2.05) is 79.3 Å². The summed E-state index contributed by atoms with van der Waals surface area (Å²) in [4.78, 5) is 11.6. The number of nitrogens with one attached hydrogen (secondary N) is 2. The molecule has 0 saturated carbocycles. The van der Waals surface area contributed by atoms with Crippen LogP contribution in [0, 0.1) is 0 Å². The Morgan fingerprint density at radius 1 is 0.975 bits per heavy atom. The summed E-state index contributed by atoms with van der Waals surface area (Å²) in [5.41, 5.74) is 4.23. The minimum absolute atomic E-state index is 0.136. The molecule has 0 bridgehead atoms. The van der Waals surface area contributed by atoms with Crippen LogP contribution in [0.1, 0.15) is 30.4 Å². The maximum Gasteiger partial charge on any atom is 0.263 e. The highest BCUT2D eigenvalue weighted by atomic mass is 32.2. The molecule has 0 amide bonds.